The number of piperidine rings is 1. The Bertz CT molecular complexity index is 1060. The number of aryl methyl sites for hydroxylation is 1. The first-order valence-corrected chi connectivity index (χ1v) is 10.7. The number of aromatic nitrogens is 2. The van der Waals surface area contributed by atoms with Gasteiger partial charge < -0.3 is 14.6 Å². The lowest BCUT2D eigenvalue weighted by atomic mass is 9.92. The summed E-state index contributed by atoms with van der Waals surface area (Å²) < 4.78 is 13.8. The fourth-order valence-corrected chi connectivity index (χ4v) is 4.55. The van der Waals surface area contributed by atoms with E-state index in [9.17, 15) is 9.90 Å². The van der Waals surface area contributed by atoms with E-state index in [-0.39, 0.29) is 12.1 Å². The van der Waals surface area contributed by atoms with Crippen molar-refractivity contribution in [2.45, 2.75) is 45.4 Å². The maximum atomic E-state index is 11.3. The fraction of sp³-hybridized carbons (Fsp3) is 0.417. The van der Waals surface area contributed by atoms with Gasteiger partial charge in [0, 0.05) is 38.1 Å². The highest BCUT2D eigenvalue weighted by Gasteiger charge is 2.31. The van der Waals surface area contributed by atoms with Crippen LogP contribution >= 0.6 is 0 Å². The molecule has 3 heterocycles. The van der Waals surface area contributed by atoms with Gasteiger partial charge >= 0.3 is 5.97 Å². The Morgan fingerprint density at radius 3 is 2.74 bits per heavy atom. The van der Waals surface area contributed by atoms with Crippen LogP contribution in [0.3, 0.4) is 0 Å². The van der Waals surface area contributed by atoms with Crippen molar-refractivity contribution >= 4 is 11.6 Å². The van der Waals surface area contributed by atoms with E-state index in [0.29, 0.717) is 18.7 Å². The van der Waals surface area contributed by atoms with Crippen LogP contribution in [0, 0.1) is 6.92 Å². The van der Waals surface area contributed by atoms with E-state index in [2.05, 4.69) is 14.3 Å². The van der Waals surface area contributed by atoms with E-state index >= 15 is 0 Å². The first-order chi connectivity index (χ1) is 15.0. The van der Waals surface area contributed by atoms with Crippen molar-refractivity contribution in [2.24, 2.45) is 0 Å². The molecule has 1 saturated heterocycles. The minimum absolute atomic E-state index is 0.123. The number of nitrogens with zero attached hydrogens (tertiary/aromatic N) is 3. The Kier molecular flexibility index (Phi) is 6.25. The Hall–Kier alpha value is -2.90. The van der Waals surface area contributed by atoms with Crippen LogP contribution in [0.5, 0.6) is 5.75 Å². The number of imidazole rings is 1. The number of pyridine rings is 1. The first kappa shape index (κ1) is 21.3. The van der Waals surface area contributed by atoms with Crippen molar-refractivity contribution in [3.8, 4) is 5.75 Å². The normalized spacial score (nSPS) is 19.6. The van der Waals surface area contributed by atoms with Gasteiger partial charge in [0.1, 0.15) is 11.4 Å². The lowest BCUT2D eigenvalue weighted by Crippen LogP contribution is -2.39. The number of carbonyl (C=O) groups is 1. The van der Waals surface area contributed by atoms with Gasteiger partial charge in [-0.2, -0.15) is 0 Å². The summed E-state index contributed by atoms with van der Waals surface area (Å²) >= 11 is 0. The molecule has 0 amide bonds. The molecule has 0 aliphatic carbocycles. The topological polar surface area (TPSA) is 76.3 Å². The van der Waals surface area contributed by atoms with Crippen LogP contribution in [0.15, 0.2) is 42.7 Å². The summed E-state index contributed by atoms with van der Waals surface area (Å²) in [6.45, 7) is 6.32. The molecule has 2 aromatic heterocycles. The lowest BCUT2D eigenvalue weighted by Gasteiger charge is -2.40. The van der Waals surface area contributed by atoms with Gasteiger partial charge in [-0.25, -0.2) is 9.78 Å². The van der Waals surface area contributed by atoms with E-state index in [0.717, 1.165) is 47.6 Å². The third kappa shape index (κ3) is 4.29. The summed E-state index contributed by atoms with van der Waals surface area (Å²) in [4.78, 5) is 18.2. The van der Waals surface area contributed by atoms with E-state index < -0.39 is 5.97 Å². The molecule has 0 spiro atoms. The molecule has 1 aromatic carbocycles. The lowest BCUT2D eigenvalue weighted by molar-refractivity contribution is -0.0144. The number of aromatic carboxylic acids is 1. The van der Waals surface area contributed by atoms with Crippen molar-refractivity contribution in [3.05, 3.63) is 65.1 Å². The van der Waals surface area contributed by atoms with Gasteiger partial charge in [0.25, 0.3) is 0 Å². The molecule has 7 nitrogen and oxygen atoms in total. The molecular weight excluding hydrogens is 394 g/mol. The fourth-order valence-electron chi connectivity index (χ4n) is 4.55. The highest BCUT2D eigenvalue weighted by Crippen LogP contribution is 2.35. The summed E-state index contributed by atoms with van der Waals surface area (Å²) in [5.41, 5.74) is 4.46. The molecule has 1 aliphatic rings. The zero-order valence-corrected chi connectivity index (χ0v) is 18.2. The van der Waals surface area contributed by atoms with Crippen LogP contribution in [0.25, 0.3) is 5.65 Å². The van der Waals surface area contributed by atoms with Crippen LogP contribution in [-0.2, 0) is 11.3 Å². The number of ether oxygens (including phenoxy) is 2. The summed E-state index contributed by atoms with van der Waals surface area (Å²) in [5.74, 6) is -0.0685. The number of methoxy groups -OCH3 is 1. The van der Waals surface area contributed by atoms with Crippen molar-refractivity contribution in [2.75, 3.05) is 20.3 Å². The molecule has 164 valence electrons. The maximum absolute atomic E-state index is 11.3. The minimum Gasteiger partial charge on any atom is -0.495 e. The molecule has 1 fully saturated rings. The van der Waals surface area contributed by atoms with Crippen molar-refractivity contribution in [1.82, 2.24) is 14.3 Å². The summed E-state index contributed by atoms with van der Waals surface area (Å²) in [6, 6.07) is 9.38. The van der Waals surface area contributed by atoms with Gasteiger partial charge in [-0.05, 0) is 56.0 Å². The average Bonchev–Trinajstić information content (AvgIpc) is 3.27. The molecular formula is C24H29N3O4. The number of likely N-dealkylation sites (tertiary alicyclic amines) is 1. The Labute approximate surface area is 182 Å². The van der Waals surface area contributed by atoms with Crippen molar-refractivity contribution in [3.63, 3.8) is 0 Å². The predicted molar refractivity (Wildman–Crippen MR) is 118 cm³/mol. The van der Waals surface area contributed by atoms with Gasteiger partial charge in [0.05, 0.1) is 24.5 Å². The second-order valence-electron chi connectivity index (χ2n) is 7.98. The number of carboxylic acids is 1. The number of benzene rings is 1. The molecule has 0 bridgehead atoms. The van der Waals surface area contributed by atoms with Gasteiger partial charge in [0.15, 0.2) is 0 Å². The molecule has 4 rings (SSSR count). The third-order valence-electron chi connectivity index (χ3n) is 6.10. The van der Waals surface area contributed by atoms with Gasteiger partial charge in [-0.1, -0.05) is 12.1 Å². The second kappa shape index (κ2) is 9.08. The molecule has 0 unspecified atom stereocenters. The monoisotopic (exact) mass is 423 g/mol. The highest BCUT2D eigenvalue weighted by molar-refractivity contribution is 5.87. The molecule has 2 atom stereocenters. The van der Waals surface area contributed by atoms with E-state index in [1.54, 1.807) is 19.2 Å². The number of fused-ring (bicyclic) bond motifs is 1. The largest absolute Gasteiger partial charge is 0.495 e. The first-order valence-electron chi connectivity index (χ1n) is 10.7. The van der Waals surface area contributed by atoms with Gasteiger partial charge in [-0.15, -0.1) is 0 Å². The van der Waals surface area contributed by atoms with Crippen LogP contribution < -0.4 is 4.74 Å². The predicted octanol–water partition coefficient (Wildman–Crippen LogP) is 4.09. The molecule has 1 N–H and O–H groups in total. The summed E-state index contributed by atoms with van der Waals surface area (Å²) in [6.07, 6.45) is 5.80. The Morgan fingerprint density at radius 2 is 2.06 bits per heavy atom. The standard InChI is InChI=1S/C24H29N3O4/c1-4-31-19-9-11-26(20(14-19)17-5-7-18(8-6-17)24(28)29)15-21-22(30-3)13-16(2)23-25-10-12-27(21)23/h5-8,10,12-13,19-20H,4,9,11,14-15H2,1-3H3,(H,28,29)/t19-,20-/m0/s1. The Balaban J connectivity index is 1.69. The zero-order valence-electron chi connectivity index (χ0n) is 18.2. The molecule has 0 radical (unpaired) electrons. The van der Waals surface area contributed by atoms with Crippen LogP contribution in [-0.4, -0.2) is 51.7 Å². The van der Waals surface area contributed by atoms with E-state index in [4.69, 9.17) is 9.47 Å². The zero-order chi connectivity index (χ0) is 22.0. The summed E-state index contributed by atoms with van der Waals surface area (Å²) in [5, 5.41) is 9.25. The number of carboxylic acid groups (broad SMARTS) is 1. The van der Waals surface area contributed by atoms with Crippen molar-refractivity contribution < 1.29 is 19.4 Å². The molecule has 1 aliphatic heterocycles. The highest BCUT2D eigenvalue weighted by atomic mass is 16.5. The van der Waals surface area contributed by atoms with E-state index in [1.807, 2.05) is 44.4 Å². The van der Waals surface area contributed by atoms with Gasteiger partial charge in [-0.3, -0.25) is 9.30 Å². The number of hydrogen-bond donors (Lipinski definition) is 1. The Morgan fingerprint density at radius 1 is 1.29 bits per heavy atom. The van der Waals surface area contributed by atoms with Crippen LogP contribution in [0.4, 0.5) is 0 Å². The van der Waals surface area contributed by atoms with Gasteiger partial charge in [0.2, 0.25) is 0 Å². The van der Waals surface area contributed by atoms with Crippen LogP contribution in [0.1, 0.15) is 53.0 Å². The maximum Gasteiger partial charge on any atom is 0.335 e. The second-order valence-corrected chi connectivity index (χ2v) is 7.98. The molecule has 3 aromatic rings. The minimum atomic E-state index is -0.911. The number of hydrogen-bond acceptors (Lipinski definition) is 5. The quantitative estimate of drug-likeness (QED) is 0.617. The molecule has 7 heteroatoms. The van der Waals surface area contributed by atoms with E-state index in [1.165, 1.54) is 0 Å². The third-order valence-corrected chi connectivity index (χ3v) is 6.10. The number of rotatable bonds is 7. The van der Waals surface area contributed by atoms with Crippen LogP contribution in [0.2, 0.25) is 0 Å². The molecule has 31 heavy (non-hydrogen) atoms. The SMILES string of the molecule is CCO[C@H]1CCN(Cc2c(OC)cc(C)c3nccn23)[C@H](c2ccc(C(=O)O)cc2)C1. The smallest absolute Gasteiger partial charge is 0.335 e. The molecule has 0 saturated carbocycles. The average molecular weight is 424 g/mol. The van der Waals surface area contributed by atoms with Crippen molar-refractivity contribution in [1.29, 1.82) is 0 Å². The summed E-state index contributed by atoms with van der Waals surface area (Å²) in [7, 11) is 1.70.